The normalized spacial score (nSPS) is 12.2. The molecule has 6 heteroatoms. The van der Waals surface area contributed by atoms with Crippen LogP contribution in [0.1, 0.15) is 5.56 Å². The van der Waals surface area contributed by atoms with Gasteiger partial charge in [-0.1, -0.05) is 6.07 Å². The average molecular weight is 245 g/mol. The van der Waals surface area contributed by atoms with Crippen LogP contribution in [0, 0.1) is 12.7 Å². The molecule has 15 heavy (non-hydrogen) atoms. The van der Waals surface area contributed by atoms with E-state index in [4.69, 9.17) is 5.14 Å². The van der Waals surface area contributed by atoms with E-state index < -0.39 is 10.0 Å². The Balaban J connectivity index is 2.87. The summed E-state index contributed by atoms with van der Waals surface area (Å²) in [5, 5.41) is 5.78. The summed E-state index contributed by atoms with van der Waals surface area (Å²) in [4.78, 5) is 0. The van der Waals surface area contributed by atoms with Gasteiger partial charge in [0.1, 0.15) is 10.0 Å². The smallest absolute Gasteiger partial charge is 0.224 e. The highest BCUT2D eigenvalue weighted by Crippen LogP contribution is 2.33. The van der Waals surface area contributed by atoms with Gasteiger partial charge in [0.2, 0.25) is 10.0 Å². The Kier molecular flexibility index (Phi) is 2.29. The van der Waals surface area contributed by atoms with Crippen molar-refractivity contribution in [1.29, 1.82) is 0 Å². The van der Waals surface area contributed by atoms with Gasteiger partial charge in [-0.15, -0.1) is 11.3 Å². The third-order valence-corrected chi connectivity index (χ3v) is 4.93. The quantitative estimate of drug-likeness (QED) is 0.835. The lowest BCUT2D eigenvalue weighted by Crippen LogP contribution is -2.11. The summed E-state index contributed by atoms with van der Waals surface area (Å²) in [6.45, 7) is 1.66. The Morgan fingerprint density at radius 2 is 2.07 bits per heavy atom. The second kappa shape index (κ2) is 3.26. The van der Waals surface area contributed by atoms with Crippen LogP contribution in [0.4, 0.5) is 4.39 Å². The molecule has 0 fully saturated rings. The minimum absolute atomic E-state index is 0.100. The van der Waals surface area contributed by atoms with Gasteiger partial charge in [0, 0.05) is 4.70 Å². The van der Waals surface area contributed by atoms with E-state index in [2.05, 4.69) is 0 Å². The Labute approximate surface area is 90.4 Å². The zero-order valence-corrected chi connectivity index (χ0v) is 9.45. The van der Waals surface area contributed by atoms with Crippen molar-refractivity contribution in [3.63, 3.8) is 0 Å². The van der Waals surface area contributed by atoms with Crippen LogP contribution in [-0.2, 0) is 10.0 Å². The van der Waals surface area contributed by atoms with Gasteiger partial charge >= 0.3 is 0 Å². The summed E-state index contributed by atoms with van der Waals surface area (Å²) in [7, 11) is -3.71. The molecule has 80 valence electrons. The number of primary sulfonamides is 1. The molecule has 0 amide bonds. The van der Waals surface area contributed by atoms with Crippen molar-refractivity contribution < 1.29 is 12.8 Å². The predicted molar refractivity (Wildman–Crippen MR) is 57.9 cm³/mol. The SMILES string of the molecule is Cc1c(S(N)(=O)=O)sc2cc(F)ccc12. The van der Waals surface area contributed by atoms with E-state index in [1.165, 1.54) is 12.1 Å². The van der Waals surface area contributed by atoms with Gasteiger partial charge in [0.15, 0.2) is 0 Å². The van der Waals surface area contributed by atoms with E-state index in [1.54, 1.807) is 13.0 Å². The molecule has 0 bridgehead atoms. The fourth-order valence-corrected chi connectivity index (χ4v) is 3.68. The standard InChI is InChI=1S/C9H8FNO2S2/c1-5-7-3-2-6(10)4-8(7)14-9(5)15(11,12)13/h2-4H,1H3,(H2,11,12,13). The van der Waals surface area contributed by atoms with Crippen LogP contribution in [0.15, 0.2) is 22.4 Å². The van der Waals surface area contributed by atoms with Crippen molar-refractivity contribution in [1.82, 2.24) is 0 Å². The first-order valence-electron chi connectivity index (χ1n) is 4.11. The fraction of sp³-hybridized carbons (Fsp3) is 0.111. The predicted octanol–water partition coefficient (Wildman–Crippen LogP) is 2.00. The monoisotopic (exact) mass is 245 g/mol. The topological polar surface area (TPSA) is 60.2 Å². The summed E-state index contributed by atoms with van der Waals surface area (Å²) in [6.07, 6.45) is 0. The molecular weight excluding hydrogens is 237 g/mol. The van der Waals surface area contributed by atoms with Crippen LogP contribution in [-0.4, -0.2) is 8.42 Å². The van der Waals surface area contributed by atoms with E-state index >= 15 is 0 Å². The lowest BCUT2D eigenvalue weighted by atomic mass is 10.2. The third kappa shape index (κ3) is 1.75. The molecule has 1 aromatic carbocycles. The second-order valence-electron chi connectivity index (χ2n) is 3.20. The molecule has 2 rings (SSSR count). The minimum Gasteiger partial charge on any atom is -0.224 e. The fourth-order valence-electron chi connectivity index (χ4n) is 1.45. The molecule has 0 atom stereocenters. The lowest BCUT2D eigenvalue weighted by Gasteiger charge is -1.94. The number of fused-ring (bicyclic) bond motifs is 1. The summed E-state index contributed by atoms with van der Waals surface area (Å²) in [5.41, 5.74) is 0.581. The number of thiophene rings is 1. The zero-order chi connectivity index (χ0) is 11.2. The average Bonchev–Trinajstić information content (AvgIpc) is 2.42. The highest BCUT2D eigenvalue weighted by molar-refractivity contribution is 7.91. The molecule has 0 unspecified atom stereocenters. The Morgan fingerprint density at radius 3 is 2.67 bits per heavy atom. The van der Waals surface area contributed by atoms with Gasteiger partial charge < -0.3 is 0 Å². The van der Waals surface area contributed by atoms with Gasteiger partial charge in [-0.05, 0) is 30.0 Å². The van der Waals surface area contributed by atoms with Crippen LogP contribution in [0.5, 0.6) is 0 Å². The Morgan fingerprint density at radius 1 is 1.40 bits per heavy atom. The van der Waals surface area contributed by atoms with Crippen LogP contribution in [0.25, 0.3) is 10.1 Å². The molecule has 0 saturated carbocycles. The summed E-state index contributed by atoms with van der Waals surface area (Å²) in [5.74, 6) is -0.385. The van der Waals surface area contributed by atoms with Gasteiger partial charge in [0.25, 0.3) is 0 Å². The van der Waals surface area contributed by atoms with Gasteiger partial charge in [0.05, 0.1) is 0 Å². The van der Waals surface area contributed by atoms with Crippen molar-refractivity contribution in [3.8, 4) is 0 Å². The second-order valence-corrected chi connectivity index (χ2v) is 6.01. The maximum absolute atomic E-state index is 12.9. The molecule has 0 aliphatic carbocycles. The highest BCUT2D eigenvalue weighted by atomic mass is 32.2. The molecule has 0 radical (unpaired) electrons. The first kappa shape index (κ1) is 10.5. The molecule has 2 N–H and O–H groups in total. The first-order chi connectivity index (χ1) is 6.89. The number of aryl methyl sites for hydroxylation is 1. The van der Waals surface area contributed by atoms with E-state index in [1.807, 2.05) is 0 Å². The van der Waals surface area contributed by atoms with E-state index in [0.717, 1.165) is 16.7 Å². The molecule has 0 aliphatic heterocycles. The minimum atomic E-state index is -3.71. The number of halogens is 1. The Bertz CT molecular complexity index is 631. The number of nitrogens with two attached hydrogens (primary N) is 1. The zero-order valence-electron chi connectivity index (χ0n) is 7.82. The number of hydrogen-bond acceptors (Lipinski definition) is 3. The van der Waals surface area contributed by atoms with Crippen molar-refractivity contribution in [2.45, 2.75) is 11.1 Å². The molecule has 1 aromatic heterocycles. The molecule has 0 aliphatic rings. The van der Waals surface area contributed by atoms with Crippen molar-refractivity contribution in [2.75, 3.05) is 0 Å². The maximum Gasteiger partial charge on any atom is 0.247 e. The van der Waals surface area contributed by atoms with Crippen LogP contribution in [0.2, 0.25) is 0 Å². The van der Waals surface area contributed by atoms with Gasteiger partial charge in [-0.25, -0.2) is 17.9 Å². The van der Waals surface area contributed by atoms with E-state index in [0.29, 0.717) is 10.3 Å². The van der Waals surface area contributed by atoms with Crippen molar-refractivity contribution in [2.24, 2.45) is 5.14 Å². The first-order valence-corrected chi connectivity index (χ1v) is 6.47. The lowest BCUT2D eigenvalue weighted by molar-refractivity contribution is 0.599. The molecule has 1 heterocycles. The highest BCUT2D eigenvalue weighted by Gasteiger charge is 2.17. The number of hydrogen-bond donors (Lipinski definition) is 1. The van der Waals surface area contributed by atoms with E-state index in [9.17, 15) is 12.8 Å². The summed E-state index contributed by atoms with van der Waals surface area (Å²) in [6, 6.07) is 4.17. The van der Waals surface area contributed by atoms with Crippen molar-refractivity contribution >= 4 is 31.4 Å². The van der Waals surface area contributed by atoms with Crippen LogP contribution >= 0.6 is 11.3 Å². The summed E-state index contributed by atoms with van der Waals surface area (Å²) >= 11 is 0.992. The third-order valence-electron chi connectivity index (χ3n) is 2.11. The number of sulfonamides is 1. The summed E-state index contributed by atoms with van der Waals surface area (Å²) < 4.78 is 36.0. The molecular formula is C9H8FNO2S2. The molecule has 3 nitrogen and oxygen atoms in total. The van der Waals surface area contributed by atoms with Crippen LogP contribution in [0.3, 0.4) is 0 Å². The maximum atomic E-state index is 12.9. The number of benzene rings is 1. The number of rotatable bonds is 1. The van der Waals surface area contributed by atoms with Gasteiger partial charge in [-0.2, -0.15) is 0 Å². The van der Waals surface area contributed by atoms with E-state index in [-0.39, 0.29) is 10.0 Å². The Hall–Kier alpha value is -0.980. The van der Waals surface area contributed by atoms with Gasteiger partial charge in [-0.3, -0.25) is 0 Å². The molecule has 2 aromatic rings. The largest absolute Gasteiger partial charge is 0.247 e. The molecule has 0 spiro atoms. The van der Waals surface area contributed by atoms with Crippen molar-refractivity contribution in [3.05, 3.63) is 29.6 Å². The molecule has 0 saturated heterocycles. The van der Waals surface area contributed by atoms with Crippen LogP contribution < -0.4 is 5.14 Å².